The molecule has 0 aromatic carbocycles. The second kappa shape index (κ2) is 33.9. The van der Waals surface area contributed by atoms with Crippen LogP contribution in [-0.4, -0.2) is 74.5 Å². The van der Waals surface area contributed by atoms with Gasteiger partial charge in [0.1, 0.15) is 20.1 Å². The Hall–Kier alpha value is -0.270. The molecule has 0 amide bonds. The van der Waals surface area contributed by atoms with E-state index in [1.807, 2.05) is 11.8 Å². The number of rotatable bonds is 18. The van der Waals surface area contributed by atoms with Crippen molar-refractivity contribution in [3.05, 3.63) is 12.4 Å². The first-order valence-electron chi connectivity index (χ1n) is 14.0. The van der Waals surface area contributed by atoms with Crippen LogP contribution in [0.15, 0.2) is 12.4 Å². The maximum absolute atomic E-state index is 11.3. The molecule has 2 aromatic rings. The standard InChI is InChI=1S/C13H24N4O2S.C13H24N4OS.CH4.IO4.Na.2H2S/c1-4-5-6-10(7-8-20(3)18)16-12-11(19-2)9-15-13(14)17-12;1-4-5-6-10(7-8-19-3)16-12-11(18-2)9-15-13(14)17-12;;2-1(3,4)5;;;/h9-10H,4-8H2,1-3H3,(H3,14,15,16,17);9-10H,4-8H2,1-3H3,(H3,14,15,16,17);1H4;;;2*1H2/q;;;-1;+1;;/t10-,20?;10-;;;;;/m00...../s1. The molecule has 21 heteroatoms. The molecule has 6 N–H and O–H groups in total. The van der Waals surface area contributed by atoms with Gasteiger partial charge in [-0.3, -0.25) is 18.0 Å². The molecular weight excluding hydrogens is 827 g/mol. The average molecular weight is 883 g/mol. The van der Waals surface area contributed by atoms with Gasteiger partial charge in [0.2, 0.25) is 11.9 Å². The van der Waals surface area contributed by atoms with E-state index in [1.54, 1.807) is 32.9 Å². The molecule has 0 saturated carbocycles. The summed E-state index contributed by atoms with van der Waals surface area (Å²) in [6.45, 7) is 4.35. The summed E-state index contributed by atoms with van der Waals surface area (Å²) in [5.41, 5.74) is 11.3. The van der Waals surface area contributed by atoms with Crippen LogP contribution in [0.5, 0.6) is 11.5 Å². The Balaban J connectivity index is -0.000000210. The van der Waals surface area contributed by atoms with Crippen LogP contribution >= 0.6 is 38.8 Å². The summed E-state index contributed by atoms with van der Waals surface area (Å²) in [5.74, 6) is 4.77. The summed E-state index contributed by atoms with van der Waals surface area (Å²) < 4.78 is 56.2. The Labute approximate surface area is 336 Å². The summed E-state index contributed by atoms with van der Waals surface area (Å²) in [6, 6.07) is 0.609. The predicted molar refractivity (Wildman–Crippen MR) is 194 cm³/mol. The van der Waals surface area contributed by atoms with Gasteiger partial charge in [0.25, 0.3) is 0 Å². The van der Waals surface area contributed by atoms with Crippen LogP contribution in [0, 0.1) is 0 Å². The third-order valence-corrected chi connectivity index (χ3v) is 7.36. The van der Waals surface area contributed by atoms with Crippen molar-refractivity contribution >= 4 is 73.1 Å². The zero-order valence-electron chi connectivity index (χ0n) is 28.4. The fourth-order valence-electron chi connectivity index (χ4n) is 3.71. The fourth-order valence-corrected chi connectivity index (χ4v) is 4.84. The van der Waals surface area contributed by atoms with Crippen LogP contribution in [0.25, 0.3) is 0 Å². The molecule has 3 atom stereocenters. The minimum Gasteiger partial charge on any atom is -0.491 e. The molecule has 1 unspecified atom stereocenters. The van der Waals surface area contributed by atoms with Crippen molar-refractivity contribution < 1.29 is 77.1 Å². The Morgan fingerprint density at radius 2 is 1.23 bits per heavy atom. The van der Waals surface area contributed by atoms with E-state index in [2.05, 4.69) is 50.7 Å². The maximum atomic E-state index is 11.3. The zero-order chi connectivity index (χ0) is 33.5. The molecule has 278 valence electrons. The molecule has 0 aliphatic heterocycles. The van der Waals surface area contributed by atoms with E-state index in [-0.39, 0.29) is 81.9 Å². The molecule has 0 spiro atoms. The predicted octanol–water partition coefficient (Wildman–Crippen LogP) is -5.29. The molecule has 0 aliphatic rings. The van der Waals surface area contributed by atoms with E-state index in [1.165, 1.54) is 12.8 Å². The van der Waals surface area contributed by atoms with Gasteiger partial charge in [0, 0.05) is 34.9 Å². The Morgan fingerprint density at radius 3 is 1.54 bits per heavy atom. The minimum absolute atomic E-state index is 0. The third-order valence-electron chi connectivity index (χ3n) is 5.91. The number of hydrogen-bond acceptors (Lipinski definition) is 16. The molecule has 15 nitrogen and oxygen atoms in total. The number of nitrogen functional groups attached to an aromatic ring is 2. The monoisotopic (exact) mass is 882 g/mol. The third kappa shape index (κ3) is 30.5. The smallest absolute Gasteiger partial charge is 0.491 e. The molecule has 48 heavy (non-hydrogen) atoms. The largest absolute Gasteiger partial charge is 1.00 e. The van der Waals surface area contributed by atoms with E-state index >= 15 is 0 Å². The van der Waals surface area contributed by atoms with Crippen LogP contribution in [0.3, 0.4) is 0 Å². The number of nitrogens with two attached hydrogens (primary N) is 2. The quantitative estimate of drug-likeness (QED) is 0.0806. The number of halogens is 1. The van der Waals surface area contributed by atoms with Crippen LogP contribution in [0.4, 0.5) is 23.5 Å². The second-order valence-corrected chi connectivity index (χ2v) is 14.2. The number of methoxy groups -OCH3 is 2. The summed E-state index contributed by atoms with van der Waals surface area (Å²) >= 11 is -4.08. The molecule has 0 radical (unpaired) electrons. The molecular formula is C27H56IN8NaO7S4. The van der Waals surface area contributed by atoms with Gasteiger partial charge in [-0.15, -0.1) is 0 Å². The van der Waals surface area contributed by atoms with Gasteiger partial charge in [0.15, 0.2) is 23.1 Å². The molecule has 0 aliphatic carbocycles. The topological polar surface area (TPSA) is 255 Å². The molecule has 0 bridgehead atoms. The van der Waals surface area contributed by atoms with E-state index in [4.69, 9.17) is 34.7 Å². The molecule has 0 saturated heterocycles. The van der Waals surface area contributed by atoms with E-state index in [0.29, 0.717) is 34.9 Å². The van der Waals surface area contributed by atoms with Crippen molar-refractivity contribution in [3.63, 3.8) is 0 Å². The average Bonchev–Trinajstić information content (AvgIpc) is 2.95. The normalized spacial score (nSPS) is 11.8. The van der Waals surface area contributed by atoms with Gasteiger partial charge in [-0.25, -0.2) is 9.97 Å². The molecule has 2 aromatic heterocycles. The van der Waals surface area contributed by atoms with E-state index in [9.17, 15) is 4.21 Å². The van der Waals surface area contributed by atoms with Gasteiger partial charge in [-0.05, 0) is 37.7 Å². The molecule has 2 rings (SSSR count). The van der Waals surface area contributed by atoms with Crippen molar-refractivity contribution in [1.82, 2.24) is 19.9 Å². The summed E-state index contributed by atoms with van der Waals surface area (Å²) in [7, 11) is 2.40. The van der Waals surface area contributed by atoms with Crippen molar-refractivity contribution in [2.45, 2.75) is 84.7 Å². The number of unbranched alkanes of at least 4 members (excludes halogenated alkanes) is 2. The van der Waals surface area contributed by atoms with E-state index in [0.717, 1.165) is 44.3 Å². The van der Waals surface area contributed by atoms with Crippen LogP contribution in [0.2, 0.25) is 0 Å². The SMILES string of the molecule is C.CCCC[C@@H](CCS(C)=O)Nc1nc(N)ncc1OC.CCCC[C@@H](CCSC)Nc1nc(N)ncc1OC.S.S.[Na+].[O-][I+3]([O-])([O-])[O-]. The van der Waals surface area contributed by atoms with Crippen LogP contribution < -0.4 is 95.0 Å². The number of hydrogen-bond donors (Lipinski definition) is 4. The van der Waals surface area contributed by atoms with E-state index < -0.39 is 30.9 Å². The van der Waals surface area contributed by atoms with Gasteiger partial charge in [-0.1, -0.05) is 47.0 Å². The van der Waals surface area contributed by atoms with Crippen molar-refractivity contribution in [3.8, 4) is 11.5 Å². The van der Waals surface area contributed by atoms with Crippen LogP contribution in [0.1, 0.15) is 72.6 Å². The number of aromatic nitrogens is 4. The first kappa shape index (κ1) is 57.1. The fraction of sp³-hybridized carbons (Fsp3) is 0.704. The van der Waals surface area contributed by atoms with Gasteiger partial charge < -0.3 is 31.6 Å². The minimum atomic E-state index is -5.94. The number of anilines is 4. The van der Waals surface area contributed by atoms with Crippen molar-refractivity contribution in [2.24, 2.45) is 0 Å². The van der Waals surface area contributed by atoms with Crippen molar-refractivity contribution in [2.75, 3.05) is 60.3 Å². The number of nitrogens with one attached hydrogen (secondary N) is 2. The summed E-state index contributed by atoms with van der Waals surface area (Å²) in [5, 5.41) is 6.78. The number of thioether (sulfide) groups is 1. The first-order valence-corrected chi connectivity index (χ1v) is 20.7. The van der Waals surface area contributed by atoms with Gasteiger partial charge >= 0.3 is 29.6 Å². The zero-order valence-corrected chi connectivity index (χ0v) is 36.2. The summed E-state index contributed by atoms with van der Waals surface area (Å²) in [4.78, 5) is 16.2. The molecule has 0 fully saturated rings. The Morgan fingerprint density at radius 1 is 0.854 bits per heavy atom. The van der Waals surface area contributed by atoms with Gasteiger partial charge in [-0.2, -0.15) is 48.7 Å². The van der Waals surface area contributed by atoms with Crippen LogP contribution in [-0.2, 0) is 10.8 Å². The first-order chi connectivity index (χ1) is 20.8. The Kier molecular flexibility index (Phi) is 40.3. The number of nitrogens with zero attached hydrogens (tertiary/aromatic N) is 4. The Bertz CT molecular complexity index is 1080. The molecule has 2 heterocycles. The summed E-state index contributed by atoms with van der Waals surface area (Å²) in [6.07, 6.45) is 15.7. The van der Waals surface area contributed by atoms with Gasteiger partial charge in [0.05, 0.1) is 26.6 Å². The number of ether oxygens (including phenoxy) is 2. The maximum Gasteiger partial charge on any atom is 1.00 e. The van der Waals surface area contributed by atoms with Crippen molar-refractivity contribution in [1.29, 1.82) is 0 Å². The second-order valence-electron chi connectivity index (χ2n) is 9.48.